The molecule has 0 aliphatic carbocycles. The number of halogens is 2. The highest BCUT2D eigenvalue weighted by molar-refractivity contribution is 6.31. The van der Waals surface area contributed by atoms with Crippen LogP contribution >= 0.6 is 11.6 Å². The van der Waals surface area contributed by atoms with E-state index in [1.165, 1.54) is 4.57 Å². The third-order valence-electron chi connectivity index (χ3n) is 7.09. The molecule has 6 N–H and O–H groups in total. The molecule has 0 bridgehead atoms. The number of aliphatic imine (C=N–C) groups is 1. The molecule has 0 saturated carbocycles. The Balaban J connectivity index is 1.40. The van der Waals surface area contributed by atoms with Crippen molar-refractivity contribution in [2.24, 2.45) is 16.5 Å². The zero-order valence-corrected chi connectivity index (χ0v) is 25.6. The topological polar surface area (TPSA) is 136 Å². The normalized spacial score (nSPS) is 12.7. The summed E-state index contributed by atoms with van der Waals surface area (Å²) in [5.41, 5.74) is 15.3. The first-order valence-corrected chi connectivity index (χ1v) is 15.2. The number of hydrogen-bond donors (Lipinski definition) is 4. The van der Waals surface area contributed by atoms with Crippen molar-refractivity contribution in [1.82, 2.24) is 19.9 Å². The molecule has 0 aliphatic heterocycles. The van der Waals surface area contributed by atoms with Gasteiger partial charge in [-0.05, 0) is 87.5 Å². The SMILES string of the molecule is CCOCCC(N)=NCCCNCc1ccc(-n2cc3cc(-c4cc(CCCC(C)N)cc(Cl)c4F)[nH]c3nc2=O)cc1. The molecule has 11 heteroatoms. The van der Waals surface area contributed by atoms with Crippen LogP contribution in [-0.4, -0.2) is 52.7 Å². The van der Waals surface area contributed by atoms with Crippen molar-refractivity contribution in [3.63, 3.8) is 0 Å². The smallest absolute Gasteiger partial charge is 0.354 e. The molecular weight excluding hydrogens is 569 g/mol. The van der Waals surface area contributed by atoms with Crippen LogP contribution in [0.25, 0.3) is 28.0 Å². The van der Waals surface area contributed by atoms with Crippen LogP contribution in [0.2, 0.25) is 5.02 Å². The number of ether oxygens (including phenoxy) is 1. The van der Waals surface area contributed by atoms with Gasteiger partial charge in [-0.1, -0.05) is 23.7 Å². The summed E-state index contributed by atoms with van der Waals surface area (Å²) >= 11 is 6.24. The molecule has 2 aromatic heterocycles. The molecule has 0 saturated heterocycles. The molecule has 1 atom stereocenters. The van der Waals surface area contributed by atoms with Gasteiger partial charge in [-0.2, -0.15) is 4.98 Å². The molecule has 4 rings (SSSR count). The first-order chi connectivity index (χ1) is 20.7. The van der Waals surface area contributed by atoms with Crippen molar-refractivity contribution < 1.29 is 9.13 Å². The Bertz CT molecular complexity index is 1580. The number of aromatic amines is 1. The predicted octanol–water partition coefficient (Wildman–Crippen LogP) is 5.11. The van der Waals surface area contributed by atoms with E-state index in [4.69, 9.17) is 27.8 Å². The van der Waals surface area contributed by atoms with Gasteiger partial charge >= 0.3 is 5.69 Å². The predicted molar refractivity (Wildman–Crippen MR) is 173 cm³/mol. The van der Waals surface area contributed by atoms with Crippen LogP contribution < -0.4 is 22.5 Å². The molecule has 4 aromatic rings. The second-order valence-corrected chi connectivity index (χ2v) is 11.1. The van der Waals surface area contributed by atoms with Crippen molar-refractivity contribution in [3.8, 4) is 16.9 Å². The second kappa shape index (κ2) is 15.8. The van der Waals surface area contributed by atoms with Gasteiger partial charge in [0.2, 0.25) is 0 Å². The number of nitrogens with zero attached hydrogens (tertiary/aromatic N) is 3. The van der Waals surface area contributed by atoms with Crippen molar-refractivity contribution in [3.05, 3.63) is 81.1 Å². The quantitative estimate of drug-likeness (QED) is 0.0792. The third-order valence-corrected chi connectivity index (χ3v) is 7.36. The lowest BCUT2D eigenvalue weighted by atomic mass is 10.0. The fourth-order valence-electron chi connectivity index (χ4n) is 4.77. The maximum absolute atomic E-state index is 15.1. The van der Waals surface area contributed by atoms with E-state index in [1.54, 1.807) is 24.4 Å². The number of nitrogens with one attached hydrogen (secondary N) is 2. The summed E-state index contributed by atoms with van der Waals surface area (Å²) in [6, 6.07) is 13.0. The highest BCUT2D eigenvalue weighted by atomic mass is 35.5. The average molecular weight is 610 g/mol. The number of fused-ring (bicyclic) bond motifs is 1. The average Bonchev–Trinajstić information content (AvgIpc) is 3.39. The number of benzene rings is 2. The van der Waals surface area contributed by atoms with Crippen LogP contribution in [0.1, 0.15) is 50.7 Å². The maximum atomic E-state index is 15.1. The van der Waals surface area contributed by atoms with Crippen LogP contribution in [0.3, 0.4) is 0 Å². The number of hydrogen-bond acceptors (Lipinski definition) is 6. The molecule has 0 fully saturated rings. The highest BCUT2D eigenvalue weighted by Gasteiger charge is 2.15. The Morgan fingerprint density at radius 3 is 2.74 bits per heavy atom. The lowest BCUT2D eigenvalue weighted by molar-refractivity contribution is 0.155. The zero-order valence-electron chi connectivity index (χ0n) is 24.8. The molecule has 9 nitrogen and oxygen atoms in total. The third kappa shape index (κ3) is 9.21. The van der Waals surface area contributed by atoms with Gasteiger partial charge in [0, 0.05) is 49.3 Å². The first kappa shape index (κ1) is 32.3. The number of aromatic nitrogens is 3. The van der Waals surface area contributed by atoms with Crippen LogP contribution in [0, 0.1) is 5.82 Å². The van der Waals surface area contributed by atoms with Crippen molar-refractivity contribution in [2.45, 2.75) is 58.5 Å². The largest absolute Gasteiger partial charge is 0.387 e. The molecule has 2 aromatic carbocycles. The van der Waals surface area contributed by atoms with Crippen molar-refractivity contribution >= 4 is 28.5 Å². The van der Waals surface area contributed by atoms with Gasteiger partial charge in [-0.25, -0.2) is 9.18 Å². The minimum absolute atomic E-state index is 0.0561. The number of H-pyrrole nitrogens is 1. The zero-order chi connectivity index (χ0) is 30.8. The van der Waals surface area contributed by atoms with Crippen molar-refractivity contribution in [2.75, 3.05) is 26.3 Å². The lowest BCUT2D eigenvalue weighted by Crippen LogP contribution is -2.20. The Morgan fingerprint density at radius 2 is 2.00 bits per heavy atom. The number of aryl methyl sites for hydroxylation is 1. The first-order valence-electron chi connectivity index (χ1n) is 14.8. The van der Waals surface area contributed by atoms with E-state index in [1.807, 2.05) is 38.1 Å². The minimum Gasteiger partial charge on any atom is -0.387 e. The fourth-order valence-corrected chi connectivity index (χ4v) is 5.01. The van der Waals surface area contributed by atoms with E-state index >= 15 is 4.39 Å². The molecule has 0 amide bonds. The summed E-state index contributed by atoms with van der Waals surface area (Å²) in [5, 5.41) is 4.14. The van der Waals surface area contributed by atoms with Gasteiger partial charge in [0.05, 0.1) is 28.8 Å². The Kier molecular flexibility index (Phi) is 11.9. The maximum Gasteiger partial charge on any atom is 0.354 e. The summed E-state index contributed by atoms with van der Waals surface area (Å²) in [6.07, 6.45) is 5.73. The number of amidine groups is 1. The van der Waals surface area contributed by atoms with Crippen molar-refractivity contribution in [1.29, 1.82) is 0 Å². The summed E-state index contributed by atoms with van der Waals surface area (Å²) < 4.78 is 21.8. The Morgan fingerprint density at radius 1 is 1.21 bits per heavy atom. The van der Waals surface area contributed by atoms with Gasteiger partial charge < -0.3 is 26.5 Å². The monoisotopic (exact) mass is 609 g/mol. The van der Waals surface area contributed by atoms with Crippen LogP contribution in [0.4, 0.5) is 4.39 Å². The number of nitrogens with two attached hydrogens (primary N) is 2. The van der Waals surface area contributed by atoms with Crippen LogP contribution in [-0.2, 0) is 17.7 Å². The summed E-state index contributed by atoms with van der Waals surface area (Å²) in [7, 11) is 0. The number of rotatable bonds is 16. The molecule has 1 unspecified atom stereocenters. The molecule has 230 valence electrons. The minimum atomic E-state index is -0.516. The van der Waals surface area contributed by atoms with E-state index in [-0.39, 0.29) is 11.1 Å². The van der Waals surface area contributed by atoms with Gasteiger partial charge in [0.25, 0.3) is 0 Å². The van der Waals surface area contributed by atoms with Crippen LogP contribution in [0.5, 0.6) is 0 Å². The molecule has 0 spiro atoms. The standard InChI is InChI=1S/C32H41ClFN7O2/c1-3-43-15-12-29(36)38-14-5-13-37-19-22-8-10-25(11-9-22)41-20-24-18-28(39-31(24)40-32(41)42)26-16-23(7-4-6-21(2)35)17-27(33)30(26)34/h8-11,16-18,20-21,37H,3-7,12-15,19,35H2,1-2H3,(H2,36,38)(H,39,40,42). The van der Waals surface area contributed by atoms with E-state index in [0.717, 1.165) is 43.4 Å². The Labute approximate surface area is 256 Å². The van der Waals surface area contributed by atoms with E-state index in [9.17, 15) is 4.79 Å². The second-order valence-electron chi connectivity index (χ2n) is 10.7. The Hall–Kier alpha value is -3.57. The van der Waals surface area contributed by atoms with Gasteiger partial charge in [0.1, 0.15) is 5.65 Å². The molecule has 2 heterocycles. The van der Waals surface area contributed by atoms with E-state index in [0.29, 0.717) is 66.5 Å². The summed E-state index contributed by atoms with van der Waals surface area (Å²) in [5.74, 6) is 0.107. The molecule has 43 heavy (non-hydrogen) atoms. The van der Waals surface area contributed by atoms with E-state index in [2.05, 4.69) is 20.3 Å². The van der Waals surface area contributed by atoms with Gasteiger partial charge in [-0.15, -0.1) is 0 Å². The molecule has 0 aliphatic rings. The fraction of sp³-hybridized carbons (Fsp3) is 0.406. The highest BCUT2D eigenvalue weighted by Crippen LogP contribution is 2.31. The molecular formula is C32H41ClFN7O2. The summed E-state index contributed by atoms with van der Waals surface area (Å²) in [6.45, 7) is 7.36. The van der Waals surface area contributed by atoms with Crippen LogP contribution in [0.15, 0.2) is 58.4 Å². The van der Waals surface area contributed by atoms with E-state index < -0.39 is 11.5 Å². The summed E-state index contributed by atoms with van der Waals surface area (Å²) in [4.78, 5) is 24.6. The molecule has 0 radical (unpaired) electrons. The van der Waals surface area contributed by atoms with Gasteiger partial charge in [0.15, 0.2) is 5.82 Å². The lowest BCUT2D eigenvalue weighted by Gasteiger charge is -2.09. The van der Waals surface area contributed by atoms with Gasteiger partial charge in [-0.3, -0.25) is 9.56 Å².